The van der Waals surface area contributed by atoms with Crippen LogP contribution in [-0.4, -0.2) is 36.4 Å². The molecule has 10 nitrogen and oxygen atoms in total. The molecule has 0 spiro atoms. The van der Waals surface area contributed by atoms with Crippen LogP contribution in [0.3, 0.4) is 0 Å². The summed E-state index contributed by atoms with van der Waals surface area (Å²) in [6.07, 6.45) is 1.62. The Balaban J connectivity index is 1.82. The van der Waals surface area contributed by atoms with E-state index >= 15 is 0 Å². The zero-order valence-electron chi connectivity index (χ0n) is 19.3. The molecule has 35 heavy (non-hydrogen) atoms. The molecule has 0 bridgehead atoms. The van der Waals surface area contributed by atoms with Crippen LogP contribution in [0.25, 0.3) is 28.0 Å². The third-order valence-corrected chi connectivity index (χ3v) is 5.69. The molecule has 1 aromatic carbocycles. The van der Waals surface area contributed by atoms with E-state index in [4.69, 9.17) is 15.6 Å². The highest BCUT2D eigenvalue weighted by molar-refractivity contribution is 5.88. The van der Waals surface area contributed by atoms with Crippen LogP contribution >= 0.6 is 0 Å². The fraction of sp³-hybridized carbons (Fsp3) is 0.160. The number of aliphatic hydroxyl groups excluding tert-OH is 1. The van der Waals surface area contributed by atoms with Crippen molar-refractivity contribution >= 4 is 11.6 Å². The third-order valence-electron chi connectivity index (χ3n) is 5.69. The van der Waals surface area contributed by atoms with E-state index in [0.29, 0.717) is 34.0 Å². The molecule has 4 aromatic heterocycles. The van der Waals surface area contributed by atoms with Crippen molar-refractivity contribution in [2.75, 3.05) is 12.8 Å². The Morgan fingerprint density at radius 1 is 1.11 bits per heavy atom. The van der Waals surface area contributed by atoms with E-state index in [1.54, 1.807) is 18.3 Å². The minimum Gasteiger partial charge on any atom is -0.481 e. The molecule has 0 saturated heterocycles. The summed E-state index contributed by atoms with van der Waals surface area (Å²) in [5.74, 6) is 0.559. The van der Waals surface area contributed by atoms with Crippen LogP contribution in [-0.2, 0) is 13.2 Å². The highest BCUT2D eigenvalue weighted by Crippen LogP contribution is 2.33. The summed E-state index contributed by atoms with van der Waals surface area (Å²) in [6.45, 7) is 1.78. The molecule has 0 amide bonds. The lowest BCUT2D eigenvalue weighted by Gasteiger charge is -2.10. The Bertz CT molecular complexity index is 1590. The molecule has 0 aliphatic rings. The van der Waals surface area contributed by atoms with E-state index in [-0.39, 0.29) is 19.1 Å². The number of fused-ring (bicyclic) bond motifs is 1. The molecule has 5 rings (SSSR count). The number of methoxy groups -OCH3 is 1. The quantitative estimate of drug-likeness (QED) is 0.387. The zero-order chi connectivity index (χ0) is 24.5. The maximum absolute atomic E-state index is 13.4. The van der Waals surface area contributed by atoms with Crippen LogP contribution in [0.5, 0.6) is 5.88 Å². The predicted molar refractivity (Wildman–Crippen MR) is 130 cm³/mol. The van der Waals surface area contributed by atoms with Crippen molar-refractivity contribution in [1.29, 1.82) is 0 Å². The van der Waals surface area contributed by atoms with Gasteiger partial charge in [-0.1, -0.05) is 36.4 Å². The summed E-state index contributed by atoms with van der Waals surface area (Å²) in [5, 5.41) is 14.4. The average Bonchev–Trinajstić information content (AvgIpc) is 3.20. The van der Waals surface area contributed by atoms with Gasteiger partial charge in [-0.15, -0.1) is 9.50 Å². The summed E-state index contributed by atoms with van der Waals surface area (Å²) in [6, 6.07) is 16.9. The van der Waals surface area contributed by atoms with Crippen molar-refractivity contribution in [3.8, 4) is 28.3 Å². The number of nitrogens with one attached hydrogen (secondary N) is 1. The summed E-state index contributed by atoms with van der Waals surface area (Å²) >= 11 is 0. The van der Waals surface area contributed by atoms with Gasteiger partial charge in [-0.2, -0.15) is 4.68 Å². The number of benzene rings is 1. The number of nitrogen functional groups attached to an aromatic ring is 1. The monoisotopic (exact) mass is 470 g/mol. The minimum atomic E-state index is -0.409. The molecule has 0 saturated carbocycles. The number of aryl methyl sites for hydroxylation is 1. The van der Waals surface area contributed by atoms with Gasteiger partial charge in [-0.3, -0.25) is 10.7 Å². The summed E-state index contributed by atoms with van der Waals surface area (Å²) < 4.78 is 8.02. The number of aromatic amines is 1. The lowest BCUT2D eigenvalue weighted by molar-refractivity contribution is -0.351. The molecule has 0 aliphatic heterocycles. The normalized spacial score (nSPS) is 11.2. The molecule has 0 radical (unpaired) electrons. The van der Waals surface area contributed by atoms with E-state index in [1.165, 1.54) is 16.2 Å². The average molecular weight is 471 g/mol. The zero-order valence-corrected chi connectivity index (χ0v) is 19.3. The standard InChI is InChI=1S/C25H23N7O3/c1-15-11-18(12-19(14-33)28-15)20-21(16-7-4-3-5-8-16)29-24(26)32-22(20)30-31(25(32)34)13-17-9-6-10-27-23(17)35-2/h3-12,33H,13-14H2,1-2H3,(H2,26,29)/p+1. The Kier molecular flexibility index (Phi) is 5.71. The van der Waals surface area contributed by atoms with E-state index in [2.05, 4.69) is 15.0 Å². The molecule has 0 fully saturated rings. The van der Waals surface area contributed by atoms with Gasteiger partial charge in [0.1, 0.15) is 5.69 Å². The Hall–Kier alpha value is -4.57. The smallest absolute Gasteiger partial charge is 0.411 e. The van der Waals surface area contributed by atoms with Crippen molar-refractivity contribution < 1.29 is 14.8 Å². The minimum absolute atomic E-state index is 0.144. The molecule has 176 valence electrons. The van der Waals surface area contributed by atoms with Crippen molar-refractivity contribution in [2.45, 2.75) is 20.1 Å². The van der Waals surface area contributed by atoms with Gasteiger partial charge in [-0.25, -0.2) is 14.8 Å². The first-order valence-electron chi connectivity index (χ1n) is 11.0. The van der Waals surface area contributed by atoms with Crippen LogP contribution in [0, 0.1) is 6.92 Å². The largest absolute Gasteiger partial charge is 0.481 e. The number of anilines is 1. The van der Waals surface area contributed by atoms with Gasteiger partial charge in [-0.05, 0) is 30.7 Å². The van der Waals surface area contributed by atoms with E-state index in [1.807, 2.05) is 49.4 Å². The predicted octanol–water partition coefficient (Wildman–Crippen LogP) is 1.87. The van der Waals surface area contributed by atoms with Crippen LogP contribution in [0.15, 0.2) is 65.6 Å². The van der Waals surface area contributed by atoms with Gasteiger partial charge in [0, 0.05) is 23.0 Å². The van der Waals surface area contributed by atoms with Crippen molar-refractivity contribution in [2.24, 2.45) is 0 Å². The van der Waals surface area contributed by atoms with Gasteiger partial charge >= 0.3 is 11.6 Å². The summed E-state index contributed by atoms with van der Waals surface area (Å²) in [7, 11) is 1.53. The topological polar surface area (TPSA) is 135 Å². The lowest BCUT2D eigenvalue weighted by Crippen LogP contribution is -2.28. The Morgan fingerprint density at radius 3 is 2.66 bits per heavy atom. The first-order valence-corrected chi connectivity index (χ1v) is 11.0. The van der Waals surface area contributed by atoms with E-state index in [9.17, 15) is 9.90 Å². The van der Waals surface area contributed by atoms with Gasteiger partial charge in [0.05, 0.1) is 31.5 Å². The van der Waals surface area contributed by atoms with E-state index in [0.717, 1.165) is 16.8 Å². The molecule has 0 atom stereocenters. The second-order valence-electron chi connectivity index (χ2n) is 8.04. The number of aliphatic hydroxyl groups is 1. The van der Waals surface area contributed by atoms with Crippen LogP contribution in [0.4, 0.5) is 5.95 Å². The number of ether oxygens (including phenoxy) is 1. The SMILES string of the molecule is COc1ncccc1Cn1nc2c(-c3cc(C)nc(CO)c3)c(-c3ccccc3)[nH+]c(N)n2c1=O. The maximum Gasteiger partial charge on any atom is 0.411 e. The van der Waals surface area contributed by atoms with Crippen molar-refractivity contribution in [1.82, 2.24) is 24.1 Å². The molecule has 0 unspecified atom stereocenters. The van der Waals surface area contributed by atoms with Crippen LogP contribution in [0.1, 0.15) is 17.0 Å². The number of nitrogens with two attached hydrogens (primary N) is 1. The van der Waals surface area contributed by atoms with Gasteiger partial charge in [0.25, 0.3) is 0 Å². The van der Waals surface area contributed by atoms with Crippen molar-refractivity contribution in [3.05, 3.63) is 88.2 Å². The van der Waals surface area contributed by atoms with Crippen LogP contribution in [0.2, 0.25) is 0 Å². The van der Waals surface area contributed by atoms with Crippen LogP contribution < -0.4 is 21.1 Å². The molecule has 0 aliphatic carbocycles. The number of hydrogen-bond donors (Lipinski definition) is 2. The van der Waals surface area contributed by atoms with E-state index < -0.39 is 5.69 Å². The molecule has 4 heterocycles. The fourth-order valence-corrected chi connectivity index (χ4v) is 4.20. The fourth-order valence-electron chi connectivity index (χ4n) is 4.20. The third kappa shape index (κ3) is 4.00. The first kappa shape index (κ1) is 22.2. The van der Waals surface area contributed by atoms with Gasteiger partial charge in [0.2, 0.25) is 11.5 Å². The number of hydrogen-bond acceptors (Lipinski definition) is 7. The highest BCUT2D eigenvalue weighted by Gasteiger charge is 2.26. The second-order valence-corrected chi connectivity index (χ2v) is 8.04. The second kappa shape index (κ2) is 8.99. The van der Waals surface area contributed by atoms with Gasteiger partial charge < -0.3 is 9.84 Å². The molecule has 10 heteroatoms. The lowest BCUT2D eigenvalue weighted by atomic mass is 9.99. The number of pyridine rings is 2. The number of rotatable bonds is 6. The first-order chi connectivity index (χ1) is 17.0. The molecule has 4 N–H and O–H groups in total. The Morgan fingerprint density at radius 2 is 1.91 bits per heavy atom. The molecular formula is C25H24N7O3+. The maximum atomic E-state index is 13.4. The Labute approximate surface area is 200 Å². The summed E-state index contributed by atoms with van der Waals surface area (Å²) in [5.41, 5.74) is 11.2. The van der Waals surface area contributed by atoms with Gasteiger partial charge in [0.15, 0.2) is 0 Å². The number of H-pyrrole nitrogens is 1. The summed E-state index contributed by atoms with van der Waals surface area (Å²) in [4.78, 5) is 25.2. The molecular weight excluding hydrogens is 446 g/mol. The number of nitrogens with zero attached hydrogens (tertiary/aromatic N) is 5. The number of aromatic nitrogens is 6. The molecule has 5 aromatic rings. The van der Waals surface area contributed by atoms with Crippen molar-refractivity contribution in [3.63, 3.8) is 0 Å². The highest BCUT2D eigenvalue weighted by atomic mass is 16.5.